The van der Waals surface area contributed by atoms with Gasteiger partial charge in [-0.25, -0.2) is 14.0 Å². The summed E-state index contributed by atoms with van der Waals surface area (Å²) in [5, 5.41) is 4.97. The lowest BCUT2D eigenvalue weighted by molar-refractivity contribution is -0.129. The van der Waals surface area contributed by atoms with Crippen LogP contribution in [0.5, 0.6) is 0 Å². The third-order valence-corrected chi connectivity index (χ3v) is 3.42. The number of hydrogen-bond acceptors (Lipinski definition) is 4. The molecule has 0 aromatic heterocycles. The molecule has 7 nitrogen and oxygen atoms in total. The first kappa shape index (κ1) is 18.9. The fourth-order valence-corrected chi connectivity index (χ4v) is 2.05. The zero-order valence-electron chi connectivity index (χ0n) is 14.0. The number of nitrogens with two attached hydrogens (primary N) is 1. The number of esters is 1. The zero-order valence-corrected chi connectivity index (χ0v) is 14.0. The van der Waals surface area contributed by atoms with Gasteiger partial charge < -0.3 is 21.1 Å². The Kier molecular flexibility index (Phi) is 6.26. The minimum atomic E-state index is -1.01. The summed E-state index contributed by atoms with van der Waals surface area (Å²) < 4.78 is 17.9. The molecule has 0 heterocycles. The second-order valence-corrected chi connectivity index (χ2v) is 5.46. The van der Waals surface area contributed by atoms with Gasteiger partial charge in [-0.2, -0.15) is 0 Å². The molecule has 136 valence electrons. The maximum absolute atomic E-state index is 12.8. The van der Waals surface area contributed by atoms with Crippen molar-refractivity contribution in [2.45, 2.75) is 19.6 Å². The van der Waals surface area contributed by atoms with Crippen molar-refractivity contribution in [2.24, 2.45) is 5.73 Å². The molecule has 3 amide bonds. The number of benzene rings is 2. The first-order chi connectivity index (χ1) is 12.3. The van der Waals surface area contributed by atoms with E-state index in [4.69, 9.17) is 10.5 Å². The van der Waals surface area contributed by atoms with Crippen LogP contribution < -0.4 is 16.4 Å². The van der Waals surface area contributed by atoms with Crippen LogP contribution in [-0.4, -0.2) is 24.0 Å². The van der Waals surface area contributed by atoms with Crippen LogP contribution >= 0.6 is 0 Å². The van der Waals surface area contributed by atoms with Gasteiger partial charge in [0.05, 0.1) is 5.56 Å². The first-order valence-electron chi connectivity index (χ1n) is 7.75. The SMILES string of the molecule is C[C@@H](OC(=O)c1ccc(NC(N)=O)cc1)C(=O)NCc1ccc(F)cc1. The van der Waals surface area contributed by atoms with E-state index >= 15 is 0 Å². The predicted octanol–water partition coefficient (Wildman–Crippen LogP) is 2.18. The maximum atomic E-state index is 12.8. The van der Waals surface area contributed by atoms with Crippen LogP contribution in [0.4, 0.5) is 14.9 Å². The number of hydrogen-bond donors (Lipinski definition) is 3. The van der Waals surface area contributed by atoms with E-state index in [0.29, 0.717) is 5.69 Å². The van der Waals surface area contributed by atoms with Crippen LogP contribution in [-0.2, 0) is 16.1 Å². The van der Waals surface area contributed by atoms with Gasteiger partial charge in [-0.3, -0.25) is 4.79 Å². The van der Waals surface area contributed by atoms with E-state index in [1.807, 2.05) is 0 Å². The minimum Gasteiger partial charge on any atom is -0.449 e. The molecule has 0 radical (unpaired) electrons. The third-order valence-electron chi connectivity index (χ3n) is 3.42. The smallest absolute Gasteiger partial charge is 0.338 e. The molecule has 0 unspecified atom stereocenters. The summed E-state index contributed by atoms with van der Waals surface area (Å²) in [5.41, 5.74) is 6.36. The van der Waals surface area contributed by atoms with E-state index in [2.05, 4.69) is 10.6 Å². The number of rotatable bonds is 6. The number of carbonyl (C=O) groups excluding carboxylic acids is 3. The van der Waals surface area contributed by atoms with Gasteiger partial charge in [0.1, 0.15) is 5.82 Å². The monoisotopic (exact) mass is 359 g/mol. The van der Waals surface area contributed by atoms with Crippen molar-refractivity contribution < 1.29 is 23.5 Å². The summed E-state index contributed by atoms with van der Waals surface area (Å²) in [5.74, 6) is -1.52. The molecule has 0 aliphatic rings. The zero-order chi connectivity index (χ0) is 19.1. The lowest BCUT2D eigenvalue weighted by Gasteiger charge is -2.14. The second-order valence-electron chi connectivity index (χ2n) is 5.46. The Hall–Kier alpha value is -3.42. The molecule has 26 heavy (non-hydrogen) atoms. The highest BCUT2D eigenvalue weighted by molar-refractivity contribution is 5.93. The fraction of sp³-hybridized carbons (Fsp3) is 0.167. The van der Waals surface area contributed by atoms with Crippen molar-refractivity contribution >= 4 is 23.6 Å². The largest absolute Gasteiger partial charge is 0.449 e. The summed E-state index contributed by atoms with van der Waals surface area (Å²) >= 11 is 0. The number of anilines is 1. The molecule has 4 N–H and O–H groups in total. The lowest BCUT2D eigenvalue weighted by Crippen LogP contribution is -2.35. The van der Waals surface area contributed by atoms with Crippen LogP contribution in [0.2, 0.25) is 0 Å². The van der Waals surface area contributed by atoms with Gasteiger partial charge in [-0.15, -0.1) is 0 Å². The molecule has 2 aromatic carbocycles. The molecule has 0 spiro atoms. The molecule has 1 atom stereocenters. The topological polar surface area (TPSA) is 111 Å². The molecule has 2 aromatic rings. The Labute approximate surface area is 149 Å². The number of carbonyl (C=O) groups is 3. The Morgan fingerprint density at radius 1 is 1.08 bits per heavy atom. The van der Waals surface area contributed by atoms with Gasteiger partial charge >= 0.3 is 12.0 Å². The number of urea groups is 1. The van der Waals surface area contributed by atoms with Crippen molar-refractivity contribution in [3.8, 4) is 0 Å². The summed E-state index contributed by atoms with van der Waals surface area (Å²) in [6.45, 7) is 1.63. The van der Waals surface area contributed by atoms with Crippen molar-refractivity contribution in [1.29, 1.82) is 0 Å². The maximum Gasteiger partial charge on any atom is 0.338 e. The number of nitrogens with one attached hydrogen (secondary N) is 2. The van der Waals surface area contributed by atoms with Gasteiger partial charge in [0, 0.05) is 12.2 Å². The van der Waals surface area contributed by atoms with Crippen LogP contribution in [0.1, 0.15) is 22.8 Å². The second kappa shape index (κ2) is 8.61. The molecule has 0 bridgehead atoms. The average Bonchev–Trinajstić information content (AvgIpc) is 2.61. The molecular weight excluding hydrogens is 341 g/mol. The number of amides is 3. The number of primary amides is 1. The average molecular weight is 359 g/mol. The summed E-state index contributed by atoms with van der Waals surface area (Å²) in [6, 6.07) is 10.8. The van der Waals surface area contributed by atoms with Crippen molar-refractivity contribution in [1.82, 2.24) is 5.32 Å². The van der Waals surface area contributed by atoms with Gasteiger partial charge in [0.15, 0.2) is 6.10 Å². The molecule has 0 fully saturated rings. The highest BCUT2D eigenvalue weighted by Crippen LogP contribution is 2.11. The molecule has 0 saturated heterocycles. The normalized spacial score (nSPS) is 11.3. The van der Waals surface area contributed by atoms with E-state index in [-0.39, 0.29) is 17.9 Å². The third kappa shape index (κ3) is 5.59. The lowest BCUT2D eigenvalue weighted by atomic mass is 10.2. The fourth-order valence-electron chi connectivity index (χ4n) is 2.05. The highest BCUT2D eigenvalue weighted by atomic mass is 19.1. The summed E-state index contributed by atoms with van der Waals surface area (Å²) in [6.07, 6.45) is -1.01. The van der Waals surface area contributed by atoms with Crippen molar-refractivity contribution in [3.63, 3.8) is 0 Å². The number of halogens is 1. The Bertz CT molecular complexity index is 791. The molecular formula is C18H18FN3O4. The van der Waals surface area contributed by atoms with E-state index in [1.165, 1.54) is 43.3 Å². The molecule has 0 saturated carbocycles. The number of ether oxygens (including phenoxy) is 1. The molecule has 0 aliphatic heterocycles. The summed E-state index contributed by atoms with van der Waals surface area (Å²) in [4.78, 5) is 34.8. The van der Waals surface area contributed by atoms with Gasteiger partial charge in [0.2, 0.25) is 0 Å². The molecule has 2 rings (SSSR count). The van der Waals surface area contributed by atoms with Crippen LogP contribution in [0.15, 0.2) is 48.5 Å². The van der Waals surface area contributed by atoms with E-state index in [9.17, 15) is 18.8 Å². The van der Waals surface area contributed by atoms with Gasteiger partial charge in [-0.1, -0.05) is 12.1 Å². The van der Waals surface area contributed by atoms with Crippen LogP contribution in [0, 0.1) is 5.82 Å². The highest BCUT2D eigenvalue weighted by Gasteiger charge is 2.18. The Morgan fingerprint density at radius 2 is 1.69 bits per heavy atom. The van der Waals surface area contributed by atoms with E-state index in [1.54, 1.807) is 12.1 Å². The van der Waals surface area contributed by atoms with Gasteiger partial charge in [0.25, 0.3) is 5.91 Å². The predicted molar refractivity (Wildman–Crippen MR) is 92.8 cm³/mol. The molecule has 0 aliphatic carbocycles. The standard InChI is InChI=1S/C18H18FN3O4/c1-11(16(23)21-10-12-2-6-14(19)7-3-12)26-17(24)13-4-8-15(9-5-13)22-18(20)25/h2-9,11H,10H2,1H3,(H,21,23)(H3,20,22,25)/t11-/m1/s1. The van der Waals surface area contributed by atoms with Gasteiger partial charge in [-0.05, 0) is 48.9 Å². The quantitative estimate of drug-likeness (QED) is 0.687. The Balaban J connectivity index is 1.86. The van der Waals surface area contributed by atoms with Crippen LogP contribution in [0.25, 0.3) is 0 Å². The van der Waals surface area contributed by atoms with E-state index < -0.39 is 24.0 Å². The Morgan fingerprint density at radius 3 is 2.27 bits per heavy atom. The minimum absolute atomic E-state index is 0.189. The molecule has 8 heteroatoms. The van der Waals surface area contributed by atoms with E-state index in [0.717, 1.165) is 5.56 Å². The van der Waals surface area contributed by atoms with Crippen molar-refractivity contribution in [3.05, 3.63) is 65.5 Å². The summed E-state index contributed by atoms with van der Waals surface area (Å²) in [7, 11) is 0. The van der Waals surface area contributed by atoms with Crippen molar-refractivity contribution in [2.75, 3.05) is 5.32 Å². The first-order valence-corrected chi connectivity index (χ1v) is 7.75. The van der Waals surface area contributed by atoms with Crippen LogP contribution in [0.3, 0.4) is 0 Å².